The van der Waals surface area contributed by atoms with Crippen LogP contribution < -0.4 is 20.7 Å². The van der Waals surface area contributed by atoms with Gasteiger partial charge in [0.25, 0.3) is 0 Å². The molecule has 7 heteroatoms. The summed E-state index contributed by atoms with van der Waals surface area (Å²) in [6.07, 6.45) is 3.39. The van der Waals surface area contributed by atoms with Gasteiger partial charge in [0, 0.05) is 25.8 Å². The van der Waals surface area contributed by atoms with E-state index in [1.165, 1.54) is 12.8 Å². The minimum absolute atomic E-state index is 0.0991. The van der Waals surface area contributed by atoms with Crippen molar-refractivity contribution in [2.45, 2.75) is 46.6 Å². The molecule has 7 nitrogen and oxygen atoms in total. The highest BCUT2D eigenvalue weighted by Gasteiger charge is 2.06. The first-order chi connectivity index (χ1) is 13.6. The van der Waals surface area contributed by atoms with Crippen molar-refractivity contribution in [1.82, 2.24) is 16.0 Å². The number of rotatable bonds is 13. The van der Waals surface area contributed by atoms with Gasteiger partial charge in [0.2, 0.25) is 5.91 Å². The summed E-state index contributed by atoms with van der Waals surface area (Å²) in [5.41, 5.74) is 2.19. The lowest BCUT2D eigenvalue weighted by Crippen LogP contribution is -2.43. The summed E-state index contributed by atoms with van der Waals surface area (Å²) in [5, 5.41) is 8.99. The van der Waals surface area contributed by atoms with Crippen molar-refractivity contribution in [3.63, 3.8) is 0 Å². The molecule has 0 bridgehead atoms. The largest absolute Gasteiger partial charge is 0.493 e. The van der Waals surface area contributed by atoms with Crippen LogP contribution >= 0.6 is 0 Å². The Kier molecular flexibility index (Phi) is 12.5. The Bertz CT molecular complexity index is 605. The van der Waals surface area contributed by atoms with Crippen LogP contribution in [0.4, 0.5) is 0 Å². The van der Waals surface area contributed by atoms with Crippen LogP contribution in [0.1, 0.15) is 44.2 Å². The zero-order chi connectivity index (χ0) is 20.6. The first kappa shape index (κ1) is 23.8. The predicted molar refractivity (Wildman–Crippen MR) is 114 cm³/mol. The Morgan fingerprint density at radius 2 is 1.93 bits per heavy atom. The number of carbonyl (C=O) groups excluding carboxylic acids is 1. The molecular formula is C21H36N4O3. The smallest absolute Gasteiger partial charge is 0.239 e. The summed E-state index contributed by atoms with van der Waals surface area (Å²) in [6, 6.07) is 6.17. The first-order valence-electron chi connectivity index (χ1n) is 10.1. The number of ether oxygens (including phenoxy) is 2. The molecule has 1 aromatic carbocycles. The summed E-state index contributed by atoms with van der Waals surface area (Å²) in [5.74, 6) is 1.38. The monoisotopic (exact) mass is 392 g/mol. The number of unbranched alkanes of at least 4 members (excludes halogenated alkanes) is 2. The number of guanidine groups is 1. The Morgan fingerprint density at radius 3 is 2.64 bits per heavy atom. The van der Waals surface area contributed by atoms with Crippen molar-refractivity contribution in [2.24, 2.45) is 4.99 Å². The fraction of sp³-hybridized carbons (Fsp3) is 0.619. The number of aryl methyl sites for hydroxylation is 1. The molecule has 0 heterocycles. The van der Waals surface area contributed by atoms with Crippen molar-refractivity contribution in [3.05, 3.63) is 29.3 Å². The van der Waals surface area contributed by atoms with Crippen molar-refractivity contribution in [1.29, 1.82) is 0 Å². The molecule has 0 fully saturated rings. The van der Waals surface area contributed by atoms with Gasteiger partial charge in [-0.3, -0.25) is 4.79 Å². The topological polar surface area (TPSA) is 84.0 Å². The molecule has 3 N–H and O–H groups in total. The highest BCUT2D eigenvalue weighted by atomic mass is 16.5. The van der Waals surface area contributed by atoms with E-state index in [0.29, 0.717) is 38.8 Å². The van der Waals surface area contributed by atoms with Crippen LogP contribution in [0.5, 0.6) is 5.75 Å². The zero-order valence-corrected chi connectivity index (χ0v) is 17.8. The number of hydrogen-bond acceptors (Lipinski definition) is 4. The number of nitrogens with one attached hydrogen (secondary N) is 3. The maximum atomic E-state index is 11.8. The first-order valence-corrected chi connectivity index (χ1v) is 10.1. The van der Waals surface area contributed by atoms with Gasteiger partial charge >= 0.3 is 0 Å². The number of hydrogen-bond donors (Lipinski definition) is 3. The number of aliphatic imine (C=N–C) groups is 1. The SMILES string of the molecule is CCCCCOc1cc(C)ccc1CN=C(NCC)NCC(=O)NCCOC. The van der Waals surface area contributed by atoms with Crippen LogP contribution in [-0.2, 0) is 16.1 Å². The molecule has 0 aliphatic heterocycles. The molecule has 28 heavy (non-hydrogen) atoms. The lowest BCUT2D eigenvalue weighted by molar-refractivity contribution is -0.120. The average molecular weight is 393 g/mol. The molecule has 158 valence electrons. The van der Waals surface area contributed by atoms with E-state index in [0.717, 1.165) is 23.3 Å². The molecule has 0 aromatic heterocycles. The molecule has 0 aliphatic rings. The van der Waals surface area contributed by atoms with E-state index in [4.69, 9.17) is 9.47 Å². The van der Waals surface area contributed by atoms with Gasteiger partial charge in [-0.05, 0) is 31.9 Å². The minimum atomic E-state index is -0.0991. The number of nitrogens with zero attached hydrogens (tertiary/aromatic N) is 1. The number of benzene rings is 1. The zero-order valence-electron chi connectivity index (χ0n) is 17.8. The second-order valence-corrected chi connectivity index (χ2v) is 6.56. The predicted octanol–water partition coefficient (Wildman–Crippen LogP) is 2.38. The third kappa shape index (κ3) is 10.2. The molecular weight excluding hydrogens is 356 g/mol. The Labute approximate surface area is 169 Å². The normalized spacial score (nSPS) is 11.2. The number of amides is 1. The highest BCUT2D eigenvalue weighted by molar-refractivity contribution is 5.86. The van der Waals surface area contributed by atoms with Crippen molar-refractivity contribution >= 4 is 11.9 Å². The standard InChI is InChI=1S/C21H36N4O3/c1-5-7-8-12-28-19-14-17(3)9-10-18(19)15-24-21(22-6-2)25-16-20(26)23-11-13-27-4/h9-10,14H,5-8,11-13,15-16H2,1-4H3,(H,23,26)(H2,22,24,25). The van der Waals surface area contributed by atoms with Crippen LogP contribution in [0, 0.1) is 6.92 Å². The van der Waals surface area contributed by atoms with E-state index < -0.39 is 0 Å². The van der Waals surface area contributed by atoms with Gasteiger partial charge in [0.05, 0.1) is 26.3 Å². The quantitative estimate of drug-likeness (QED) is 0.273. The van der Waals surface area contributed by atoms with Crippen LogP contribution in [0.25, 0.3) is 0 Å². The van der Waals surface area contributed by atoms with E-state index in [9.17, 15) is 4.79 Å². The van der Waals surface area contributed by atoms with Gasteiger partial charge in [-0.2, -0.15) is 0 Å². The van der Waals surface area contributed by atoms with Gasteiger partial charge < -0.3 is 25.4 Å². The second-order valence-electron chi connectivity index (χ2n) is 6.56. The lowest BCUT2D eigenvalue weighted by Gasteiger charge is -2.14. The van der Waals surface area contributed by atoms with Gasteiger partial charge in [0.15, 0.2) is 5.96 Å². The molecule has 1 aromatic rings. The van der Waals surface area contributed by atoms with E-state index in [-0.39, 0.29) is 12.5 Å². The van der Waals surface area contributed by atoms with Gasteiger partial charge in [-0.1, -0.05) is 31.9 Å². The summed E-state index contributed by atoms with van der Waals surface area (Å²) in [7, 11) is 1.60. The Balaban J connectivity index is 2.66. The molecule has 0 saturated heterocycles. The third-order valence-corrected chi connectivity index (χ3v) is 4.02. The van der Waals surface area contributed by atoms with Crippen molar-refractivity contribution in [2.75, 3.05) is 40.0 Å². The average Bonchev–Trinajstić information content (AvgIpc) is 2.68. The van der Waals surface area contributed by atoms with Gasteiger partial charge in [-0.25, -0.2) is 4.99 Å². The van der Waals surface area contributed by atoms with E-state index >= 15 is 0 Å². The highest BCUT2D eigenvalue weighted by Crippen LogP contribution is 2.21. The lowest BCUT2D eigenvalue weighted by atomic mass is 10.1. The number of methoxy groups -OCH3 is 1. The molecule has 0 unspecified atom stereocenters. The Morgan fingerprint density at radius 1 is 1.11 bits per heavy atom. The van der Waals surface area contributed by atoms with Crippen molar-refractivity contribution < 1.29 is 14.3 Å². The van der Waals surface area contributed by atoms with Crippen LogP contribution in [-0.4, -0.2) is 51.8 Å². The van der Waals surface area contributed by atoms with Crippen LogP contribution in [0.15, 0.2) is 23.2 Å². The van der Waals surface area contributed by atoms with E-state index in [1.54, 1.807) is 7.11 Å². The molecule has 0 saturated carbocycles. The molecule has 0 spiro atoms. The van der Waals surface area contributed by atoms with Gasteiger partial charge in [0.1, 0.15) is 5.75 Å². The Hall–Kier alpha value is -2.28. The maximum Gasteiger partial charge on any atom is 0.239 e. The third-order valence-electron chi connectivity index (χ3n) is 4.02. The molecule has 0 radical (unpaired) electrons. The fourth-order valence-corrected chi connectivity index (χ4v) is 2.49. The van der Waals surface area contributed by atoms with Crippen molar-refractivity contribution in [3.8, 4) is 5.75 Å². The minimum Gasteiger partial charge on any atom is -0.493 e. The summed E-state index contributed by atoms with van der Waals surface area (Å²) >= 11 is 0. The summed E-state index contributed by atoms with van der Waals surface area (Å²) in [6.45, 7) is 9.28. The summed E-state index contributed by atoms with van der Waals surface area (Å²) in [4.78, 5) is 16.4. The van der Waals surface area contributed by atoms with E-state index in [2.05, 4.69) is 53.0 Å². The summed E-state index contributed by atoms with van der Waals surface area (Å²) < 4.78 is 10.9. The molecule has 1 amide bonds. The molecule has 1 rings (SSSR count). The maximum absolute atomic E-state index is 11.8. The van der Waals surface area contributed by atoms with Crippen LogP contribution in [0.2, 0.25) is 0 Å². The molecule has 0 atom stereocenters. The number of carbonyl (C=O) groups is 1. The van der Waals surface area contributed by atoms with Crippen LogP contribution in [0.3, 0.4) is 0 Å². The van der Waals surface area contributed by atoms with Gasteiger partial charge in [-0.15, -0.1) is 0 Å². The van der Waals surface area contributed by atoms with E-state index in [1.807, 2.05) is 6.92 Å². The molecule has 0 aliphatic carbocycles. The fourth-order valence-electron chi connectivity index (χ4n) is 2.49. The second kappa shape index (κ2) is 14.7.